The molecule has 0 aliphatic heterocycles. The average Bonchev–Trinajstić information content (AvgIpc) is 2.69. The summed E-state index contributed by atoms with van der Waals surface area (Å²) < 4.78 is 1.60. The molecule has 0 radical (unpaired) electrons. The van der Waals surface area contributed by atoms with Crippen LogP contribution in [0.1, 0.15) is 25.5 Å². The number of imidazole rings is 1. The van der Waals surface area contributed by atoms with Gasteiger partial charge in [0.25, 0.3) is 0 Å². The third kappa shape index (κ3) is 2.97. The van der Waals surface area contributed by atoms with Crippen LogP contribution in [-0.2, 0) is 11.2 Å². The summed E-state index contributed by atoms with van der Waals surface area (Å²) in [6.07, 6.45) is 3.79. The monoisotopic (exact) mass is 248 g/mol. The van der Waals surface area contributed by atoms with Gasteiger partial charge in [0.05, 0.1) is 18.3 Å². The molecule has 0 aliphatic rings. The highest BCUT2D eigenvalue weighted by molar-refractivity contribution is 5.69. The third-order valence-electron chi connectivity index (χ3n) is 2.54. The van der Waals surface area contributed by atoms with Crippen LogP contribution in [0.25, 0.3) is 5.65 Å². The molecule has 2 N–H and O–H groups in total. The summed E-state index contributed by atoms with van der Waals surface area (Å²) in [5, 5.41) is 16.2. The first-order valence-electron chi connectivity index (χ1n) is 6.00. The van der Waals surface area contributed by atoms with Gasteiger partial charge in [-0.3, -0.25) is 4.79 Å². The van der Waals surface area contributed by atoms with E-state index >= 15 is 0 Å². The number of aromatic nitrogens is 3. The van der Waals surface area contributed by atoms with E-state index in [1.807, 2.05) is 12.1 Å². The van der Waals surface area contributed by atoms with Crippen molar-refractivity contribution >= 4 is 17.4 Å². The highest BCUT2D eigenvalue weighted by atomic mass is 16.4. The number of carboxylic acids is 1. The second kappa shape index (κ2) is 5.48. The van der Waals surface area contributed by atoms with E-state index < -0.39 is 5.97 Å². The molecule has 0 amide bonds. The van der Waals surface area contributed by atoms with E-state index in [1.54, 1.807) is 10.7 Å². The maximum atomic E-state index is 10.6. The van der Waals surface area contributed by atoms with Gasteiger partial charge in [-0.1, -0.05) is 13.3 Å². The van der Waals surface area contributed by atoms with Gasteiger partial charge < -0.3 is 10.4 Å². The van der Waals surface area contributed by atoms with Crippen LogP contribution in [0, 0.1) is 0 Å². The Morgan fingerprint density at radius 1 is 1.50 bits per heavy atom. The van der Waals surface area contributed by atoms with Crippen molar-refractivity contribution in [2.75, 3.05) is 11.9 Å². The third-order valence-corrected chi connectivity index (χ3v) is 2.54. The van der Waals surface area contributed by atoms with E-state index in [2.05, 4.69) is 22.3 Å². The summed E-state index contributed by atoms with van der Waals surface area (Å²) in [6.45, 7) is 3.01. The second-order valence-electron chi connectivity index (χ2n) is 4.10. The predicted octanol–water partition coefficient (Wildman–Crippen LogP) is 1.57. The molecule has 0 atom stereocenters. The molecule has 96 valence electrons. The van der Waals surface area contributed by atoms with Crippen molar-refractivity contribution < 1.29 is 9.90 Å². The maximum absolute atomic E-state index is 10.6. The van der Waals surface area contributed by atoms with Crippen molar-refractivity contribution in [3.63, 3.8) is 0 Å². The number of hydrogen-bond donors (Lipinski definition) is 2. The molecule has 0 bridgehead atoms. The molecule has 2 rings (SSSR count). The molecule has 2 aromatic heterocycles. The molecule has 2 aromatic rings. The minimum absolute atomic E-state index is 0.0814. The Bertz CT molecular complexity index is 550. The highest BCUT2D eigenvalue weighted by Crippen LogP contribution is 2.08. The van der Waals surface area contributed by atoms with Gasteiger partial charge in [0.2, 0.25) is 0 Å². The van der Waals surface area contributed by atoms with E-state index in [4.69, 9.17) is 5.11 Å². The summed E-state index contributed by atoms with van der Waals surface area (Å²) in [5.41, 5.74) is 1.17. The molecule has 0 unspecified atom stereocenters. The van der Waals surface area contributed by atoms with Crippen molar-refractivity contribution in [3.05, 3.63) is 24.0 Å². The Kier molecular flexibility index (Phi) is 3.76. The lowest BCUT2D eigenvalue weighted by atomic mass is 10.3. The Morgan fingerprint density at radius 3 is 3.06 bits per heavy atom. The van der Waals surface area contributed by atoms with Gasteiger partial charge in [-0.2, -0.15) is 0 Å². The summed E-state index contributed by atoms with van der Waals surface area (Å²) >= 11 is 0. The molecule has 2 heterocycles. The summed E-state index contributed by atoms with van der Waals surface area (Å²) in [5.74, 6) is -0.116. The fourth-order valence-electron chi connectivity index (χ4n) is 1.66. The average molecular weight is 248 g/mol. The predicted molar refractivity (Wildman–Crippen MR) is 67.7 cm³/mol. The van der Waals surface area contributed by atoms with Gasteiger partial charge in [-0.25, -0.2) is 9.50 Å². The van der Waals surface area contributed by atoms with Crippen molar-refractivity contribution in [2.45, 2.75) is 26.2 Å². The van der Waals surface area contributed by atoms with Gasteiger partial charge in [-0.15, -0.1) is 5.10 Å². The van der Waals surface area contributed by atoms with Crippen LogP contribution in [0.15, 0.2) is 18.3 Å². The largest absolute Gasteiger partial charge is 0.481 e. The molecular weight excluding hydrogens is 232 g/mol. The van der Waals surface area contributed by atoms with Crippen LogP contribution < -0.4 is 5.32 Å². The zero-order valence-electron chi connectivity index (χ0n) is 10.3. The Balaban J connectivity index is 2.14. The zero-order chi connectivity index (χ0) is 13.0. The molecule has 0 saturated carbocycles. The molecule has 0 aliphatic carbocycles. The summed E-state index contributed by atoms with van der Waals surface area (Å²) in [7, 11) is 0. The first kappa shape index (κ1) is 12.3. The topological polar surface area (TPSA) is 79.5 Å². The molecule has 6 heteroatoms. The maximum Gasteiger partial charge on any atom is 0.309 e. The number of hydrogen-bond acceptors (Lipinski definition) is 4. The number of unbranched alkanes of at least 4 members (excludes halogenated alkanes) is 1. The molecule has 0 fully saturated rings. The standard InChI is InChI=1S/C12H16N4O2/c1-2-3-6-13-10-4-5-11-14-9(7-12(17)18)8-16(11)15-10/h4-5,8H,2-3,6-7H2,1H3,(H,13,15)(H,17,18). The number of nitrogens with zero attached hydrogens (tertiary/aromatic N) is 3. The van der Waals surface area contributed by atoms with Crippen molar-refractivity contribution in [1.29, 1.82) is 0 Å². The molecule has 6 nitrogen and oxygen atoms in total. The molecular formula is C12H16N4O2. The first-order valence-corrected chi connectivity index (χ1v) is 6.00. The Morgan fingerprint density at radius 2 is 2.33 bits per heavy atom. The molecule has 0 saturated heterocycles. The van der Waals surface area contributed by atoms with Crippen LogP contribution >= 0.6 is 0 Å². The number of anilines is 1. The Hall–Kier alpha value is -2.11. The van der Waals surface area contributed by atoms with Crippen LogP contribution in [0.4, 0.5) is 5.82 Å². The summed E-state index contributed by atoms with van der Waals surface area (Å²) in [4.78, 5) is 14.8. The zero-order valence-corrected chi connectivity index (χ0v) is 10.3. The molecule has 0 aromatic carbocycles. The van der Waals surface area contributed by atoms with Crippen molar-refractivity contribution in [3.8, 4) is 0 Å². The van der Waals surface area contributed by atoms with Gasteiger partial charge in [-0.05, 0) is 18.6 Å². The van der Waals surface area contributed by atoms with E-state index in [1.165, 1.54) is 0 Å². The lowest BCUT2D eigenvalue weighted by Gasteiger charge is -2.03. The fraction of sp³-hybridized carbons (Fsp3) is 0.417. The van der Waals surface area contributed by atoms with E-state index in [-0.39, 0.29) is 6.42 Å². The van der Waals surface area contributed by atoms with E-state index in [9.17, 15) is 4.79 Å². The quantitative estimate of drug-likeness (QED) is 0.758. The number of nitrogens with one attached hydrogen (secondary N) is 1. The smallest absolute Gasteiger partial charge is 0.309 e. The number of carboxylic acid groups (broad SMARTS) is 1. The number of aliphatic carboxylic acids is 1. The van der Waals surface area contributed by atoms with Crippen LogP contribution in [-0.4, -0.2) is 32.2 Å². The molecule has 18 heavy (non-hydrogen) atoms. The minimum atomic E-state index is -0.889. The van der Waals surface area contributed by atoms with Gasteiger partial charge in [0, 0.05) is 6.54 Å². The number of fused-ring (bicyclic) bond motifs is 1. The van der Waals surface area contributed by atoms with E-state index in [0.29, 0.717) is 11.3 Å². The van der Waals surface area contributed by atoms with Gasteiger partial charge >= 0.3 is 5.97 Å². The summed E-state index contributed by atoms with van der Waals surface area (Å²) in [6, 6.07) is 3.68. The normalized spacial score (nSPS) is 10.7. The van der Waals surface area contributed by atoms with Gasteiger partial charge in [0.1, 0.15) is 5.82 Å². The highest BCUT2D eigenvalue weighted by Gasteiger charge is 2.07. The lowest BCUT2D eigenvalue weighted by molar-refractivity contribution is -0.136. The molecule has 0 spiro atoms. The second-order valence-corrected chi connectivity index (χ2v) is 4.10. The van der Waals surface area contributed by atoms with Crippen LogP contribution in [0.2, 0.25) is 0 Å². The SMILES string of the molecule is CCCCNc1ccc2nc(CC(=O)O)cn2n1. The Labute approximate surface area is 105 Å². The van der Waals surface area contributed by atoms with Crippen molar-refractivity contribution in [1.82, 2.24) is 14.6 Å². The number of carbonyl (C=O) groups is 1. The van der Waals surface area contributed by atoms with Crippen LogP contribution in [0.3, 0.4) is 0 Å². The number of rotatable bonds is 6. The van der Waals surface area contributed by atoms with E-state index in [0.717, 1.165) is 25.2 Å². The van der Waals surface area contributed by atoms with Crippen molar-refractivity contribution in [2.24, 2.45) is 0 Å². The van der Waals surface area contributed by atoms with Gasteiger partial charge in [0.15, 0.2) is 5.65 Å². The minimum Gasteiger partial charge on any atom is -0.481 e. The first-order chi connectivity index (χ1) is 8.69. The van der Waals surface area contributed by atoms with Crippen LogP contribution in [0.5, 0.6) is 0 Å². The lowest BCUT2D eigenvalue weighted by Crippen LogP contribution is -2.04. The fourth-order valence-corrected chi connectivity index (χ4v) is 1.66.